The molecule has 0 atom stereocenters. The molecule has 1 amide bonds. The Bertz CT molecular complexity index is 1010. The van der Waals surface area contributed by atoms with Crippen molar-refractivity contribution in [2.75, 3.05) is 43.3 Å². The number of hydrogen-bond acceptors (Lipinski definition) is 4. The zero-order valence-corrected chi connectivity index (χ0v) is 19.5. The maximum atomic E-state index is 12.9. The van der Waals surface area contributed by atoms with Gasteiger partial charge in [0, 0.05) is 32.7 Å². The van der Waals surface area contributed by atoms with E-state index in [1.165, 1.54) is 17.7 Å². The molecule has 1 aliphatic rings. The summed E-state index contributed by atoms with van der Waals surface area (Å²) in [6, 6.07) is 12.9. The van der Waals surface area contributed by atoms with Crippen molar-refractivity contribution in [1.29, 1.82) is 0 Å². The third-order valence-electron chi connectivity index (χ3n) is 4.91. The van der Waals surface area contributed by atoms with Gasteiger partial charge in [0.2, 0.25) is 15.9 Å². The minimum absolute atomic E-state index is 0.107. The summed E-state index contributed by atoms with van der Waals surface area (Å²) in [7, 11) is -3.77. The number of nitrogens with zero attached hydrogens (tertiary/aromatic N) is 3. The molecule has 1 heterocycles. The van der Waals surface area contributed by atoms with Crippen LogP contribution in [0.4, 0.5) is 5.69 Å². The van der Waals surface area contributed by atoms with Crippen molar-refractivity contribution in [1.82, 2.24) is 9.80 Å². The van der Waals surface area contributed by atoms with Crippen molar-refractivity contribution in [3.63, 3.8) is 0 Å². The maximum Gasteiger partial charge on any atom is 0.243 e. The Morgan fingerprint density at radius 3 is 2.17 bits per heavy atom. The number of piperazine rings is 1. The van der Waals surface area contributed by atoms with Crippen LogP contribution in [-0.4, -0.2) is 63.1 Å². The van der Waals surface area contributed by atoms with Crippen molar-refractivity contribution in [3.8, 4) is 0 Å². The molecule has 30 heavy (non-hydrogen) atoms. The van der Waals surface area contributed by atoms with Gasteiger partial charge in [-0.05, 0) is 17.7 Å². The largest absolute Gasteiger partial charge is 0.339 e. The van der Waals surface area contributed by atoms with Gasteiger partial charge in [-0.2, -0.15) is 0 Å². The van der Waals surface area contributed by atoms with Crippen LogP contribution in [0, 0.1) is 0 Å². The Morgan fingerprint density at radius 2 is 1.57 bits per heavy atom. The molecular weight excluding hydrogens is 469 g/mol. The predicted molar refractivity (Wildman–Crippen MR) is 122 cm³/mol. The van der Waals surface area contributed by atoms with E-state index < -0.39 is 10.0 Å². The molecule has 2 aromatic carbocycles. The molecule has 1 aliphatic heterocycles. The molecule has 6 nitrogen and oxygen atoms in total. The van der Waals surface area contributed by atoms with Crippen LogP contribution in [0.25, 0.3) is 0 Å². The number of carbonyl (C=O) groups is 1. The maximum absolute atomic E-state index is 12.9. The highest BCUT2D eigenvalue weighted by Gasteiger charge is 2.28. The first kappa shape index (κ1) is 23.2. The number of sulfonamides is 1. The number of benzene rings is 2. The van der Waals surface area contributed by atoms with E-state index in [1.807, 2.05) is 18.2 Å². The summed E-state index contributed by atoms with van der Waals surface area (Å²) in [5.41, 5.74) is 1.35. The van der Waals surface area contributed by atoms with Crippen molar-refractivity contribution >= 4 is 56.4 Å². The molecule has 2 aromatic rings. The molecule has 0 unspecified atom stereocenters. The topological polar surface area (TPSA) is 60.9 Å². The Labute approximate surface area is 192 Å². The van der Waals surface area contributed by atoms with E-state index in [0.29, 0.717) is 26.2 Å². The fraction of sp³-hybridized carbons (Fsp3) is 0.350. The first-order valence-corrected chi connectivity index (χ1v) is 12.3. The lowest BCUT2D eigenvalue weighted by atomic mass is 10.2. The second-order valence-electron chi connectivity index (χ2n) is 7.13. The van der Waals surface area contributed by atoms with Gasteiger partial charge in [-0.25, -0.2) is 8.42 Å². The van der Waals surface area contributed by atoms with Crippen LogP contribution in [0.15, 0.2) is 42.5 Å². The van der Waals surface area contributed by atoms with E-state index in [0.717, 1.165) is 17.1 Å². The minimum Gasteiger partial charge on any atom is -0.339 e. The van der Waals surface area contributed by atoms with E-state index in [1.54, 1.807) is 4.90 Å². The molecule has 10 heteroatoms. The molecule has 0 N–H and O–H groups in total. The molecule has 0 aliphatic carbocycles. The highest BCUT2D eigenvalue weighted by molar-refractivity contribution is 7.92. The van der Waals surface area contributed by atoms with E-state index in [4.69, 9.17) is 34.8 Å². The van der Waals surface area contributed by atoms with E-state index in [-0.39, 0.29) is 33.2 Å². The summed E-state index contributed by atoms with van der Waals surface area (Å²) in [5, 5.41) is 0.474. The van der Waals surface area contributed by atoms with Gasteiger partial charge in [0.1, 0.15) is 6.54 Å². The lowest BCUT2D eigenvalue weighted by Crippen LogP contribution is -2.51. The number of anilines is 1. The first-order valence-electron chi connectivity index (χ1n) is 9.31. The van der Waals surface area contributed by atoms with Crippen LogP contribution in [-0.2, 0) is 21.4 Å². The highest BCUT2D eigenvalue weighted by Crippen LogP contribution is 2.35. The molecule has 3 rings (SSSR count). The minimum atomic E-state index is -3.77. The number of carbonyl (C=O) groups excluding carboxylic acids is 1. The fourth-order valence-electron chi connectivity index (χ4n) is 3.30. The summed E-state index contributed by atoms with van der Waals surface area (Å²) in [4.78, 5) is 16.8. The van der Waals surface area contributed by atoms with Crippen LogP contribution < -0.4 is 4.31 Å². The Balaban J connectivity index is 1.67. The number of hydrogen-bond donors (Lipinski definition) is 0. The van der Waals surface area contributed by atoms with Crippen LogP contribution in [0.5, 0.6) is 0 Å². The van der Waals surface area contributed by atoms with Crippen molar-refractivity contribution < 1.29 is 13.2 Å². The number of rotatable bonds is 6. The van der Waals surface area contributed by atoms with Crippen LogP contribution in [0.3, 0.4) is 0 Å². The SMILES string of the molecule is CS(=O)(=O)N(CC(=O)N1CCN(Cc2ccccc2)CC1)c1cc(Cl)c(Cl)cc1Cl. The third kappa shape index (κ3) is 5.80. The van der Waals surface area contributed by atoms with Crippen LogP contribution in [0.1, 0.15) is 5.56 Å². The van der Waals surface area contributed by atoms with Gasteiger partial charge in [-0.3, -0.25) is 14.0 Å². The first-order chi connectivity index (χ1) is 14.1. The quantitative estimate of drug-likeness (QED) is 0.579. The molecule has 162 valence electrons. The fourth-order valence-corrected chi connectivity index (χ4v) is 4.85. The van der Waals surface area contributed by atoms with E-state index >= 15 is 0 Å². The van der Waals surface area contributed by atoms with Crippen LogP contribution in [0.2, 0.25) is 15.1 Å². The smallest absolute Gasteiger partial charge is 0.243 e. The average molecular weight is 491 g/mol. The second kappa shape index (κ2) is 9.75. The van der Waals surface area contributed by atoms with Gasteiger partial charge in [-0.1, -0.05) is 65.1 Å². The van der Waals surface area contributed by atoms with Crippen molar-refractivity contribution in [2.45, 2.75) is 6.54 Å². The Morgan fingerprint density at radius 1 is 0.967 bits per heavy atom. The summed E-state index contributed by atoms with van der Waals surface area (Å²) < 4.78 is 25.7. The standard InChI is InChI=1S/C20H22Cl3N3O3S/c1-30(28,29)26(19-12-17(22)16(21)11-18(19)23)14-20(27)25-9-7-24(8-10-25)13-15-5-3-2-4-6-15/h2-6,11-12H,7-10,13-14H2,1H3. The molecule has 0 saturated carbocycles. The normalized spacial score (nSPS) is 15.3. The summed E-state index contributed by atoms with van der Waals surface area (Å²) >= 11 is 18.2. The summed E-state index contributed by atoms with van der Waals surface area (Å²) in [5.74, 6) is -0.290. The second-order valence-corrected chi connectivity index (χ2v) is 10.3. The molecule has 1 saturated heterocycles. The average Bonchev–Trinajstić information content (AvgIpc) is 2.69. The van der Waals surface area contributed by atoms with Gasteiger partial charge in [0.05, 0.1) is 27.0 Å². The lowest BCUT2D eigenvalue weighted by Gasteiger charge is -2.36. The molecule has 1 fully saturated rings. The summed E-state index contributed by atoms with van der Waals surface area (Å²) in [6.07, 6.45) is 1.02. The van der Waals surface area contributed by atoms with Crippen molar-refractivity contribution in [2.24, 2.45) is 0 Å². The summed E-state index contributed by atoms with van der Waals surface area (Å²) in [6.45, 7) is 2.95. The van der Waals surface area contributed by atoms with Gasteiger partial charge in [0.25, 0.3) is 0 Å². The lowest BCUT2D eigenvalue weighted by molar-refractivity contribution is -0.131. The van der Waals surface area contributed by atoms with E-state index in [2.05, 4.69) is 17.0 Å². The van der Waals surface area contributed by atoms with E-state index in [9.17, 15) is 13.2 Å². The molecular formula is C20H22Cl3N3O3S. The van der Waals surface area contributed by atoms with Gasteiger partial charge < -0.3 is 4.90 Å². The predicted octanol–water partition coefficient (Wildman–Crippen LogP) is 3.76. The van der Waals surface area contributed by atoms with Gasteiger partial charge in [0.15, 0.2) is 0 Å². The molecule has 0 radical (unpaired) electrons. The monoisotopic (exact) mass is 489 g/mol. The number of amides is 1. The van der Waals surface area contributed by atoms with Gasteiger partial charge in [-0.15, -0.1) is 0 Å². The molecule has 0 spiro atoms. The number of halogens is 3. The van der Waals surface area contributed by atoms with Gasteiger partial charge >= 0.3 is 0 Å². The zero-order chi connectivity index (χ0) is 21.9. The molecule has 0 aromatic heterocycles. The third-order valence-corrected chi connectivity index (χ3v) is 7.06. The van der Waals surface area contributed by atoms with Crippen molar-refractivity contribution in [3.05, 3.63) is 63.1 Å². The molecule has 0 bridgehead atoms. The Hall–Kier alpha value is -1.51. The Kier molecular flexibility index (Phi) is 7.52. The highest BCUT2D eigenvalue weighted by atomic mass is 35.5. The zero-order valence-electron chi connectivity index (χ0n) is 16.4. The van der Waals surface area contributed by atoms with Crippen LogP contribution >= 0.6 is 34.8 Å².